The minimum Gasteiger partial charge on any atom is -0.508 e. The molecule has 1 rings (SSSR count). The quantitative estimate of drug-likeness (QED) is 0.553. The van der Waals surface area contributed by atoms with E-state index in [1.54, 1.807) is 0 Å². The largest absolute Gasteiger partial charge is 0.508 e. The number of aromatic hydroxyl groups is 1. The third-order valence-electron chi connectivity index (χ3n) is 1.50. The Bertz CT molecular complexity index is 373. The van der Waals surface area contributed by atoms with E-state index in [4.69, 9.17) is 10.2 Å². The number of hydrogen-bond donors (Lipinski definition) is 2. The molecule has 5 nitrogen and oxygen atoms in total. The summed E-state index contributed by atoms with van der Waals surface area (Å²) in [4.78, 5) is 15.1. The fraction of sp³-hybridized carbons (Fsp3) is 0.111. The molecule has 74 valence electrons. The third-order valence-corrected chi connectivity index (χ3v) is 1.50. The lowest BCUT2D eigenvalue weighted by Gasteiger charge is -2.00. The highest BCUT2D eigenvalue weighted by molar-refractivity contribution is 6.42. The van der Waals surface area contributed by atoms with Crippen LogP contribution in [0.2, 0.25) is 0 Å². The van der Waals surface area contributed by atoms with Crippen LogP contribution in [0.1, 0.15) is 5.56 Å². The van der Waals surface area contributed by atoms with Gasteiger partial charge in [-0.3, -0.25) is 0 Å². The second-order valence-electron chi connectivity index (χ2n) is 2.48. The van der Waals surface area contributed by atoms with Gasteiger partial charge < -0.3 is 15.1 Å². The van der Waals surface area contributed by atoms with Crippen molar-refractivity contribution < 1.29 is 19.8 Å². The molecule has 14 heavy (non-hydrogen) atoms. The summed E-state index contributed by atoms with van der Waals surface area (Å²) < 4.78 is 0. The predicted octanol–water partition coefficient (Wildman–Crippen LogP) is 0.827. The highest BCUT2D eigenvalue weighted by atomic mass is 16.6. The van der Waals surface area contributed by atoms with Crippen LogP contribution in [0.3, 0.4) is 0 Å². The normalized spacial score (nSPS) is 11.1. The molecule has 0 heterocycles. The maximum atomic E-state index is 10.7. The van der Waals surface area contributed by atoms with Gasteiger partial charge in [0.15, 0.2) is 5.71 Å². The van der Waals surface area contributed by atoms with Gasteiger partial charge in [-0.25, -0.2) is 4.79 Å². The van der Waals surface area contributed by atoms with Crippen molar-refractivity contribution in [2.24, 2.45) is 5.16 Å². The van der Waals surface area contributed by atoms with Gasteiger partial charge in [0.2, 0.25) is 0 Å². The molecule has 1 aromatic carbocycles. The van der Waals surface area contributed by atoms with Gasteiger partial charge in [-0.05, 0) is 12.1 Å². The van der Waals surface area contributed by atoms with Crippen LogP contribution in [0.25, 0.3) is 0 Å². The lowest BCUT2D eigenvalue weighted by Crippen LogP contribution is -2.14. The van der Waals surface area contributed by atoms with Crippen LogP contribution in [0, 0.1) is 0 Å². The predicted molar refractivity (Wildman–Crippen MR) is 49.3 cm³/mol. The molecule has 0 saturated heterocycles. The van der Waals surface area contributed by atoms with Gasteiger partial charge >= 0.3 is 5.97 Å². The SMILES string of the molecule is CO/N=C(/C(=O)O)c1cccc(O)c1. The molecule has 0 unspecified atom stereocenters. The molecule has 1 aromatic rings. The Hall–Kier alpha value is -2.04. The first kappa shape index (κ1) is 10.0. The summed E-state index contributed by atoms with van der Waals surface area (Å²) >= 11 is 0. The third kappa shape index (κ3) is 2.22. The number of phenolic OH excluding ortho intramolecular Hbond substituents is 1. The van der Waals surface area contributed by atoms with E-state index in [1.807, 2.05) is 0 Å². The number of carboxylic acid groups (broad SMARTS) is 1. The topological polar surface area (TPSA) is 79.1 Å². The molecule has 0 radical (unpaired) electrons. The van der Waals surface area contributed by atoms with Crippen molar-refractivity contribution in [2.45, 2.75) is 0 Å². The Labute approximate surface area is 80.2 Å². The summed E-state index contributed by atoms with van der Waals surface area (Å²) in [7, 11) is 1.26. The standard InChI is InChI=1S/C9H9NO4/c1-14-10-8(9(12)13)6-3-2-4-7(11)5-6/h2-5,11H,1H3,(H,12,13)/b10-8+. The van der Waals surface area contributed by atoms with Crippen molar-refractivity contribution in [2.75, 3.05) is 7.11 Å². The highest BCUT2D eigenvalue weighted by Gasteiger charge is 2.13. The van der Waals surface area contributed by atoms with E-state index in [1.165, 1.54) is 31.4 Å². The molecule has 0 aliphatic carbocycles. The van der Waals surface area contributed by atoms with E-state index in [2.05, 4.69) is 9.99 Å². The smallest absolute Gasteiger partial charge is 0.358 e. The molecule has 0 aliphatic heterocycles. The second-order valence-corrected chi connectivity index (χ2v) is 2.48. The van der Waals surface area contributed by atoms with Crippen LogP contribution in [0.15, 0.2) is 29.4 Å². The number of carboxylic acids is 1. The number of phenols is 1. The van der Waals surface area contributed by atoms with Gasteiger partial charge in [0, 0.05) is 5.56 Å². The Morgan fingerprint density at radius 3 is 2.71 bits per heavy atom. The Balaban J connectivity index is 3.12. The molecule has 0 saturated carbocycles. The minimum atomic E-state index is -1.21. The van der Waals surface area contributed by atoms with E-state index < -0.39 is 5.97 Å². The number of carbonyl (C=O) groups is 1. The molecular formula is C9H9NO4. The highest BCUT2D eigenvalue weighted by Crippen LogP contribution is 2.12. The summed E-state index contributed by atoms with van der Waals surface area (Å²) in [6.07, 6.45) is 0. The number of oxime groups is 1. The first-order chi connectivity index (χ1) is 6.65. The molecular weight excluding hydrogens is 186 g/mol. The van der Waals surface area contributed by atoms with Crippen molar-refractivity contribution in [3.8, 4) is 5.75 Å². The van der Waals surface area contributed by atoms with E-state index in [0.29, 0.717) is 5.56 Å². The monoisotopic (exact) mass is 195 g/mol. The van der Waals surface area contributed by atoms with Gasteiger partial charge in [0.1, 0.15) is 12.9 Å². The average Bonchev–Trinajstić information content (AvgIpc) is 2.13. The first-order valence-corrected chi connectivity index (χ1v) is 3.79. The fourth-order valence-electron chi connectivity index (χ4n) is 0.960. The summed E-state index contributed by atoms with van der Waals surface area (Å²) in [6, 6.07) is 5.78. The van der Waals surface area contributed by atoms with Crippen molar-refractivity contribution in [1.82, 2.24) is 0 Å². The number of hydrogen-bond acceptors (Lipinski definition) is 4. The zero-order valence-corrected chi connectivity index (χ0v) is 7.47. The van der Waals surface area contributed by atoms with Crippen molar-refractivity contribution in [3.05, 3.63) is 29.8 Å². The zero-order chi connectivity index (χ0) is 10.6. The average molecular weight is 195 g/mol. The van der Waals surface area contributed by atoms with Crippen molar-refractivity contribution >= 4 is 11.7 Å². The summed E-state index contributed by atoms with van der Waals surface area (Å²) in [5.41, 5.74) is 0.0442. The van der Waals surface area contributed by atoms with Crippen LogP contribution >= 0.6 is 0 Å². The molecule has 0 aromatic heterocycles. The Kier molecular flexibility index (Phi) is 3.06. The molecule has 0 aliphatic rings. The summed E-state index contributed by atoms with van der Waals surface area (Å²) in [6.45, 7) is 0. The van der Waals surface area contributed by atoms with Gasteiger partial charge in [-0.1, -0.05) is 17.3 Å². The molecule has 0 spiro atoms. The van der Waals surface area contributed by atoms with Gasteiger partial charge in [0.25, 0.3) is 0 Å². The molecule has 0 amide bonds. The molecule has 5 heteroatoms. The van der Waals surface area contributed by atoms with E-state index in [0.717, 1.165) is 0 Å². The van der Waals surface area contributed by atoms with Crippen LogP contribution < -0.4 is 0 Å². The molecule has 2 N–H and O–H groups in total. The lowest BCUT2D eigenvalue weighted by molar-refractivity contribution is -0.129. The first-order valence-electron chi connectivity index (χ1n) is 3.79. The summed E-state index contributed by atoms with van der Waals surface area (Å²) in [5, 5.41) is 21.2. The van der Waals surface area contributed by atoms with Crippen molar-refractivity contribution in [3.63, 3.8) is 0 Å². The van der Waals surface area contributed by atoms with Gasteiger partial charge in [-0.2, -0.15) is 0 Å². The van der Waals surface area contributed by atoms with E-state index in [-0.39, 0.29) is 11.5 Å². The van der Waals surface area contributed by atoms with Gasteiger partial charge in [-0.15, -0.1) is 0 Å². The maximum Gasteiger partial charge on any atom is 0.358 e. The maximum absolute atomic E-state index is 10.7. The number of nitrogens with zero attached hydrogens (tertiary/aromatic N) is 1. The number of rotatable bonds is 3. The van der Waals surface area contributed by atoms with Crippen molar-refractivity contribution in [1.29, 1.82) is 0 Å². The number of benzene rings is 1. The Morgan fingerprint density at radius 2 is 2.21 bits per heavy atom. The number of aliphatic carboxylic acids is 1. The molecule has 0 bridgehead atoms. The second kappa shape index (κ2) is 4.27. The summed E-state index contributed by atoms with van der Waals surface area (Å²) in [5.74, 6) is -1.23. The van der Waals surface area contributed by atoms with E-state index >= 15 is 0 Å². The zero-order valence-electron chi connectivity index (χ0n) is 7.47. The molecule has 0 fully saturated rings. The minimum absolute atomic E-state index is 0.0208. The van der Waals surface area contributed by atoms with Crippen LogP contribution in [-0.4, -0.2) is 29.0 Å². The van der Waals surface area contributed by atoms with Crippen LogP contribution in [-0.2, 0) is 9.63 Å². The van der Waals surface area contributed by atoms with E-state index in [9.17, 15) is 4.79 Å². The van der Waals surface area contributed by atoms with Gasteiger partial charge in [0.05, 0.1) is 0 Å². The fourth-order valence-corrected chi connectivity index (χ4v) is 0.960. The molecule has 0 atom stereocenters. The lowest BCUT2D eigenvalue weighted by atomic mass is 10.1. The Morgan fingerprint density at radius 1 is 1.50 bits per heavy atom. The van der Waals surface area contributed by atoms with Crippen LogP contribution in [0.4, 0.5) is 0 Å². The van der Waals surface area contributed by atoms with Crippen LogP contribution in [0.5, 0.6) is 5.75 Å².